The van der Waals surface area contributed by atoms with Gasteiger partial charge in [0.2, 0.25) is 0 Å². The van der Waals surface area contributed by atoms with Crippen LogP contribution in [0.25, 0.3) is 0 Å². The molecule has 0 amide bonds. The van der Waals surface area contributed by atoms with Crippen LogP contribution in [0.2, 0.25) is 0 Å². The van der Waals surface area contributed by atoms with Crippen LogP contribution in [0.1, 0.15) is 60.3 Å². The molecule has 0 aliphatic carbocycles. The van der Waals surface area contributed by atoms with Gasteiger partial charge in [0.25, 0.3) is 10.2 Å². The third kappa shape index (κ3) is 8.67. The van der Waals surface area contributed by atoms with E-state index >= 15 is 0 Å². The number of esters is 2. The molecule has 2 aromatic rings. The number of ether oxygens (including phenoxy) is 2. The lowest BCUT2D eigenvalue weighted by Crippen LogP contribution is -2.41. The fraction of sp³-hybridized carbons (Fsp3) is 0.448. The summed E-state index contributed by atoms with van der Waals surface area (Å²) in [4.78, 5) is 24.5. The van der Waals surface area contributed by atoms with Gasteiger partial charge in [0.15, 0.2) is 0 Å². The number of phenols is 1. The lowest BCUT2D eigenvalue weighted by molar-refractivity contribution is -0.144. The number of rotatable bonds is 15. The zero-order valence-electron chi connectivity index (χ0n) is 25.1. The first-order chi connectivity index (χ1) is 20.2. The molecule has 0 fully saturated rings. The standard InChI is InChI=1S/C29H40N3O9PS/c1-6-23-20(4)25-18-40-29(35)26(25)27(33)24(23)14-13-19(3)17-32(43(30,37)38)15-16-42(36,31-21(5)28(34)39-7-2)41-22-11-9-8-10-12-22/h8-13,21,33H,6-7,14-18H2,1-5H3,(H,31,36)(H2,30,37,38)/t21-,42?/m0/s1. The second kappa shape index (κ2) is 14.5. The smallest absolute Gasteiger partial charge is 0.342 e. The number of fused-ring (bicyclic) bond motifs is 1. The molecule has 1 aliphatic rings. The summed E-state index contributed by atoms with van der Waals surface area (Å²) in [6.07, 6.45) is 2.29. The molecular formula is C29H40N3O9PS. The molecule has 3 rings (SSSR count). The van der Waals surface area contributed by atoms with Gasteiger partial charge in [-0.15, -0.1) is 0 Å². The number of allylic oxidation sites excluding steroid dienone is 1. The van der Waals surface area contributed by atoms with E-state index in [-0.39, 0.29) is 55.9 Å². The largest absolute Gasteiger partial charge is 0.507 e. The van der Waals surface area contributed by atoms with E-state index in [0.29, 0.717) is 23.1 Å². The number of aromatic hydroxyl groups is 1. The van der Waals surface area contributed by atoms with Crippen molar-refractivity contribution in [3.8, 4) is 11.5 Å². The maximum Gasteiger partial charge on any atom is 0.342 e. The predicted molar refractivity (Wildman–Crippen MR) is 162 cm³/mol. The van der Waals surface area contributed by atoms with Gasteiger partial charge in [0.1, 0.15) is 29.7 Å². The Balaban J connectivity index is 1.82. The molecule has 0 radical (unpaired) electrons. The van der Waals surface area contributed by atoms with Crippen molar-refractivity contribution >= 4 is 29.7 Å². The molecule has 1 heterocycles. The summed E-state index contributed by atoms with van der Waals surface area (Å²) in [5.41, 5.74) is 3.78. The number of hydrogen-bond acceptors (Lipinski definition) is 9. The molecule has 14 heteroatoms. The summed E-state index contributed by atoms with van der Waals surface area (Å²) >= 11 is 0. The number of nitrogens with one attached hydrogen (secondary N) is 1. The van der Waals surface area contributed by atoms with Crippen LogP contribution >= 0.6 is 7.52 Å². The maximum atomic E-state index is 13.9. The minimum absolute atomic E-state index is 0.115. The van der Waals surface area contributed by atoms with Crippen molar-refractivity contribution in [2.75, 3.05) is 25.9 Å². The summed E-state index contributed by atoms with van der Waals surface area (Å²) in [7, 11) is -8.10. The number of phenolic OH excluding ortho intramolecular Hbond substituents is 1. The summed E-state index contributed by atoms with van der Waals surface area (Å²) in [5, 5.41) is 19.2. The lowest BCUT2D eigenvalue weighted by atomic mass is 9.89. The second-order valence-corrected chi connectivity index (χ2v) is 14.0. The predicted octanol–water partition coefficient (Wildman–Crippen LogP) is 3.74. The van der Waals surface area contributed by atoms with E-state index in [9.17, 15) is 27.7 Å². The Kier molecular flexibility index (Phi) is 11.6. The Hall–Kier alpha value is -3.22. The molecule has 2 atom stereocenters. The van der Waals surface area contributed by atoms with Crippen molar-refractivity contribution in [1.82, 2.24) is 9.39 Å². The Bertz CT molecular complexity index is 1530. The minimum Gasteiger partial charge on any atom is -0.507 e. The fourth-order valence-electron chi connectivity index (χ4n) is 4.90. The Labute approximate surface area is 252 Å². The van der Waals surface area contributed by atoms with Crippen molar-refractivity contribution in [2.45, 2.75) is 60.1 Å². The molecule has 0 spiro atoms. The van der Waals surface area contributed by atoms with Crippen LogP contribution in [0.5, 0.6) is 11.5 Å². The van der Waals surface area contributed by atoms with E-state index < -0.39 is 35.7 Å². The molecule has 12 nitrogen and oxygen atoms in total. The maximum absolute atomic E-state index is 13.9. The van der Waals surface area contributed by atoms with Crippen molar-refractivity contribution in [2.24, 2.45) is 5.14 Å². The van der Waals surface area contributed by atoms with Crippen LogP contribution in [0.4, 0.5) is 0 Å². The average molecular weight is 638 g/mol. The van der Waals surface area contributed by atoms with Gasteiger partial charge in [-0.3, -0.25) is 9.36 Å². The van der Waals surface area contributed by atoms with E-state index in [1.54, 1.807) is 50.3 Å². The number of carbonyl (C=O) groups excluding carboxylic acids is 2. The van der Waals surface area contributed by atoms with Crippen molar-refractivity contribution < 1.29 is 41.7 Å². The first-order valence-electron chi connectivity index (χ1n) is 14.0. The summed E-state index contributed by atoms with van der Waals surface area (Å²) in [6.45, 7) is 8.48. The number of para-hydroxylation sites is 1. The summed E-state index contributed by atoms with van der Waals surface area (Å²) in [5.74, 6) is -1.07. The number of nitrogens with zero attached hydrogens (tertiary/aromatic N) is 1. The molecule has 0 aromatic heterocycles. The van der Waals surface area contributed by atoms with Crippen LogP contribution in [0.15, 0.2) is 42.0 Å². The molecule has 43 heavy (non-hydrogen) atoms. The number of nitrogens with two attached hydrogens (primary N) is 1. The highest BCUT2D eigenvalue weighted by atomic mass is 32.2. The summed E-state index contributed by atoms with van der Waals surface area (Å²) in [6, 6.07) is 7.32. The first-order valence-corrected chi connectivity index (χ1v) is 17.3. The van der Waals surface area contributed by atoms with Crippen LogP contribution in [-0.2, 0) is 48.5 Å². The molecule has 236 valence electrons. The van der Waals surface area contributed by atoms with E-state index in [1.165, 1.54) is 6.92 Å². The van der Waals surface area contributed by atoms with Crippen LogP contribution in [-0.4, -0.2) is 61.7 Å². The molecule has 4 N–H and O–H groups in total. The third-order valence-corrected chi connectivity index (χ3v) is 10.2. The van der Waals surface area contributed by atoms with Gasteiger partial charge in [-0.1, -0.05) is 36.8 Å². The first kappa shape index (κ1) is 34.3. The molecule has 0 saturated heterocycles. The molecular weight excluding hydrogens is 597 g/mol. The highest BCUT2D eigenvalue weighted by molar-refractivity contribution is 7.86. The lowest BCUT2D eigenvalue weighted by Gasteiger charge is -2.26. The van der Waals surface area contributed by atoms with Crippen LogP contribution in [0, 0.1) is 6.92 Å². The van der Waals surface area contributed by atoms with Gasteiger partial charge in [0, 0.05) is 24.2 Å². The number of hydrogen-bond donors (Lipinski definition) is 3. The van der Waals surface area contributed by atoms with E-state index in [4.69, 9.17) is 19.1 Å². The molecule has 0 bridgehead atoms. The van der Waals surface area contributed by atoms with Crippen molar-refractivity contribution in [3.05, 3.63) is 69.8 Å². The van der Waals surface area contributed by atoms with E-state index in [1.807, 2.05) is 13.8 Å². The molecule has 1 unspecified atom stereocenters. The van der Waals surface area contributed by atoms with Crippen LogP contribution < -0.4 is 14.8 Å². The minimum atomic E-state index is -4.25. The Morgan fingerprint density at radius 3 is 2.53 bits per heavy atom. The van der Waals surface area contributed by atoms with E-state index in [2.05, 4.69) is 5.09 Å². The number of benzene rings is 2. The quantitative estimate of drug-likeness (QED) is 0.148. The number of cyclic esters (lactones) is 1. The van der Waals surface area contributed by atoms with Gasteiger partial charge in [0.05, 0.1) is 12.8 Å². The van der Waals surface area contributed by atoms with Crippen molar-refractivity contribution in [3.63, 3.8) is 0 Å². The monoisotopic (exact) mass is 637 g/mol. The van der Waals surface area contributed by atoms with E-state index in [0.717, 1.165) is 15.4 Å². The summed E-state index contributed by atoms with van der Waals surface area (Å²) < 4.78 is 55.9. The average Bonchev–Trinajstić information content (AvgIpc) is 3.34. The van der Waals surface area contributed by atoms with Gasteiger partial charge < -0.3 is 19.1 Å². The van der Waals surface area contributed by atoms with Crippen LogP contribution in [0.3, 0.4) is 0 Å². The third-order valence-electron chi connectivity index (χ3n) is 7.11. The number of carbonyl (C=O) groups is 2. The van der Waals surface area contributed by atoms with Gasteiger partial charge in [-0.25, -0.2) is 15.0 Å². The highest BCUT2D eigenvalue weighted by Crippen LogP contribution is 2.44. The molecule has 0 saturated carbocycles. The molecule has 1 aliphatic heterocycles. The fourth-order valence-corrected chi connectivity index (χ4v) is 7.70. The molecule has 2 aromatic carbocycles. The second-order valence-electron chi connectivity index (χ2n) is 10.3. The zero-order chi connectivity index (χ0) is 31.9. The van der Waals surface area contributed by atoms with Gasteiger partial charge in [-0.2, -0.15) is 12.7 Å². The van der Waals surface area contributed by atoms with Gasteiger partial charge >= 0.3 is 19.5 Å². The van der Waals surface area contributed by atoms with Gasteiger partial charge in [-0.05, 0) is 63.8 Å². The SMILES string of the molecule is CCOC(=O)[C@H](C)NP(=O)(CCN(CC(C)=CCc1c(O)c2c(c(C)c1CC)COC2=O)S(N)(=O)=O)Oc1ccccc1. The van der Waals surface area contributed by atoms with Crippen molar-refractivity contribution in [1.29, 1.82) is 0 Å². The topological polar surface area (TPSA) is 175 Å². The Morgan fingerprint density at radius 2 is 1.93 bits per heavy atom. The highest BCUT2D eigenvalue weighted by Gasteiger charge is 2.33. The normalized spacial score (nSPS) is 15.5. The Morgan fingerprint density at radius 1 is 1.26 bits per heavy atom. The zero-order valence-corrected chi connectivity index (χ0v) is 26.8.